The molecule has 1 fully saturated rings. The smallest absolute Gasteiger partial charge is 0.141 e. The van der Waals surface area contributed by atoms with Gasteiger partial charge in [-0.05, 0) is 42.4 Å². The lowest BCUT2D eigenvalue weighted by molar-refractivity contribution is -0.0860. The molecule has 94 valence electrons. The van der Waals surface area contributed by atoms with Crippen molar-refractivity contribution in [2.75, 3.05) is 0 Å². The molecule has 0 saturated heterocycles. The van der Waals surface area contributed by atoms with Gasteiger partial charge in [0.15, 0.2) is 0 Å². The zero-order chi connectivity index (χ0) is 12.6. The molecule has 0 atom stereocenters. The molecule has 0 radical (unpaired) electrons. The van der Waals surface area contributed by atoms with Crippen LogP contribution in [0.4, 0.5) is 4.39 Å². The van der Waals surface area contributed by atoms with E-state index in [2.05, 4.69) is 13.8 Å². The second-order valence-corrected chi connectivity index (χ2v) is 5.97. The second kappa shape index (κ2) is 4.58. The first-order valence-electron chi connectivity index (χ1n) is 6.06. The van der Waals surface area contributed by atoms with Gasteiger partial charge in [-0.25, -0.2) is 4.39 Å². The fourth-order valence-electron chi connectivity index (χ4n) is 2.56. The first-order chi connectivity index (χ1) is 7.89. The van der Waals surface area contributed by atoms with Gasteiger partial charge in [-0.15, -0.1) is 0 Å². The number of benzene rings is 1. The van der Waals surface area contributed by atoms with Gasteiger partial charge in [0.1, 0.15) is 5.82 Å². The number of rotatable bonds is 3. The van der Waals surface area contributed by atoms with Crippen LogP contribution < -0.4 is 0 Å². The Morgan fingerprint density at radius 3 is 2.65 bits per heavy atom. The van der Waals surface area contributed by atoms with E-state index in [0.29, 0.717) is 18.3 Å². The number of hydrogen-bond acceptors (Lipinski definition) is 1. The zero-order valence-corrected chi connectivity index (χ0v) is 11.0. The minimum absolute atomic E-state index is 0.130. The Kier molecular flexibility index (Phi) is 3.46. The molecule has 3 heteroatoms. The van der Waals surface area contributed by atoms with Gasteiger partial charge in [-0.3, -0.25) is 0 Å². The highest BCUT2D eigenvalue weighted by atomic mass is 35.5. The molecule has 1 aromatic carbocycles. The summed E-state index contributed by atoms with van der Waals surface area (Å²) in [5.41, 5.74) is 0.289. The van der Waals surface area contributed by atoms with Gasteiger partial charge in [0.2, 0.25) is 0 Å². The van der Waals surface area contributed by atoms with Crippen LogP contribution >= 0.6 is 11.6 Å². The summed E-state index contributed by atoms with van der Waals surface area (Å²) < 4.78 is 13.0. The van der Waals surface area contributed by atoms with Crippen molar-refractivity contribution in [3.8, 4) is 0 Å². The largest absolute Gasteiger partial charge is 0.390 e. The zero-order valence-electron chi connectivity index (χ0n) is 10.2. The van der Waals surface area contributed by atoms with Gasteiger partial charge >= 0.3 is 0 Å². The van der Waals surface area contributed by atoms with Gasteiger partial charge in [-0.2, -0.15) is 0 Å². The molecular formula is C14H18ClFO. The second-order valence-electron chi connectivity index (χ2n) is 5.56. The quantitative estimate of drug-likeness (QED) is 0.872. The lowest BCUT2D eigenvalue weighted by Crippen LogP contribution is -2.47. The van der Waals surface area contributed by atoms with Crippen molar-refractivity contribution < 1.29 is 9.50 Å². The molecule has 1 nitrogen and oxygen atoms in total. The van der Waals surface area contributed by atoms with E-state index in [4.69, 9.17) is 11.6 Å². The van der Waals surface area contributed by atoms with Crippen molar-refractivity contribution in [3.05, 3.63) is 34.6 Å². The molecule has 1 N–H and O–H groups in total. The third-order valence-electron chi connectivity index (χ3n) is 3.74. The van der Waals surface area contributed by atoms with Crippen molar-refractivity contribution in [3.63, 3.8) is 0 Å². The van der Waals surface area contributed by atoms with E-state index < -0.39 is 11.4 Å². The van der Waals surface area contributed by atoms with Crippen molar-refractivity contribution in [1.29, 1.82) is 0 Å². The Hall–Kier alpha value is -0.600. The number of aliphatic hydroxyl groups is 1. The van der Waals surface area contributed by atoms with Crippen LogP contribution in [0.5, 0.6) is 0 Å². The molecule has 2 rings (SSSR count). The van der Waals surface area contributed by atoms with E-state index in [1.807, 2.05) is 0 Å². The molecule has 0 heterocycles. The monoisotopic (exact) mass is 256 g/mol. The summed E-state index contributed by atoms with van der Waals surface area (Å²) in [6, 6.07) is 4.67. The Balaban J connectivity index is 2.00. The fraction of sp³-hybridized carbons (Fsp3) is 0.571. The predicted octanol–water partition coefficient (Wildman–Crippen LogP) is 3.82. The lowest BCUT2D eigenvalue weighted by Gasteiger charge is -2.46. The topological polar surface area (TPSA) is 20.2 Å². The van der Waals surface area contributed by atoms with E-state index in [9.17, 15) is 9.50 Å². The molecule has 1 aliphatic carbocycles. The summed E-state index contributed by atoms with van der Waals surface area (Å²) in [5, 5.41) is 10.4. The molecule has 1 aliphatic rings. The van der Waals surface area contributed by atoms with Crippen molar-refractivity contribution in [1.82, 2.24) is 0 Å². The van der Waals surface area contributed by atoms with Crippen molar-refractivity contribution in [2.45, 2.75) is 38.7 Å². The summed E-state index contributed by atoms with van der Waals surface area (Å²) in [7, 11) is 0. The van der Waals surface area contributed by atoms with Crippen LogP contribution in [-0.4, -0.2) is 10.7 Å². The summed E-state index contributed by atoms with van der Waals surface area (Å²) in [5.74, 6) is 0.819. The molecule has 1 saturated carbocycles. The molecule has 0 aromatic heterocycles. The minimum atomic E-state index is -0.615. The van der Waals surface area contributed by atoms with Crippen molar-refractivity contribution in [2.24, 2.45) is 11.8 Å². The Labute approximate surface area is 107 Å². The molecule has 0 amide bonds. The van der Waals surface area contributed by atoms with Crippen LogP contribution in [-0.2, 0) is 6.42 Å². The van der Waals surface area contributed by atoms with Gasteiger partial charge in [-0.1, -0.05) is 31.5 Å². The molecule has 0 aliphatic heterocycles. The summed E-state index contributed by atoms with van der Waals surface area (Å²) in [6.45, 7) is 4.36. The van der Waals surface area contributed by atoms with Gasteiger partial charge < -0.3 is 5.11 Å². The normalized spacial score (nSPS) is 28.2. The minimum Gasteiger partial charge on any atom is -0.390 e. The molecule has 0 bridgehead atoms. The third-order valence-corrected chi connectivity index (χ3v) is 4.03. The van der Waals surface area contributed by atoms with E-state index in [1.165, 1.54) is 6.07 Å². The van der Waals surface area contributed by atoms with Crippen LogP contribution in [0.1, 0.15) is 32.3 Å². The van der Waals surface area contributed by atoms with E-state index in [1.54, 1.807) is 12.1 Å². The summed E-state index contributed by atoms with van der Waals surface area (Å²) in [4.78, 5) is 0. The number of halogens is 2. The Morgan fingerprint density at radius 2 is 2.12 bits per heavy atom. The predicted molar refractivity (Wildman–Crippen MR) is 67.6 cm³/mol. The fourth-order valence-corrected chi connectivity index (χ4v) is 2.76. The van der Waals surface area contributed by atoms with Crippen molar-refractivity contribution >= 4 is 11.6 Å². The Morgan fingerprint density at radius 1 is 1.47 bits per heavy atom. The Bertz CT molecular complexity index is 411. The maximum absolute atomic E-state index is 13.0. The highest BCUT2D eigenvalue weighted by Gasteiger charge is 2.43. The first kappa shape index (κ1) is 12.8. The van der Waals surface area contributed by atoms with Crippen LogP contribution in [0.3, 0.4) is 0 Å². The van der Waals surface area contributed by atoms with Crippen LogP contribution in [0.2, 0.25) is 5.02 Å². The highest BCUT2D eigenvalue weighted by molar-refractivity contribution is 6.30. The lowest BCUT2D eigenvalue weighted by atomic mass is 9.64. The van der Waals surface area contributed by atoms with Crippen LogP contribution in [0.25, 0.3) is 0 Å². The summed E-state index contributed by atoms with van der Waals surface area (Å²) in [6.07, 6.45) is 2.23. The standard InChI is InChI=1S/C14H18ClFO/c1-9(2)11-7-14(17,8-11)6-10-3-4-13(16)12(15)5-10/h3-5,9,11,17H,6-8H2,1-2H3. The maximum atomic E-state index is 13.0. The molecule has 1 aromatic rings. The molecule has 17 heavy (non-hydrogen) atoms. The van der Waals surface area contributed by atoms with Crippen LogP contribution in [0, 0.1) is 17.7 Å². The molecule has 0 spiro atoms. The van der Waals surface area contributed by atoms with Gasteiger partial charge in [0.05, 0.1) is 10.6 Å². The average molecular weight is 257 g/mol. The SMILES string of the molecule is CC(C)C1CC(O)(Cc2ccc(F)c(Cl)c2)C1. The van der Waals surface area contributed by atoms with Gasteiger partial charge in [0, 0.05) is 6.42 Å². The maximum Gasteiger partial charge on any atom is 0.141 e. The first-order valence-corrected chi connectivity index (χ1v) is 6.44. The highest BCUT2D eigenvalue weighted by Crippen LogP contribution is 2.44. The molecule has 0 unspecified atom stereocenters. The third kappa shape index (κ3) is 2.80. The van der Waals surface area contributed by atoms with Crippen LogP contribution in [0.15, 0.2) is 18.2 Å². The van der Waals surface area contributed by atoms with E-state index in [0.717, 1.165) is 18.4 Å². The average Bonchev–Trinajstić information content (AvgIpc) is 2.19. The van der Waals surface area contributed by atoms with E-state index in [-0.39, 0.29) is 5.02 Å². The number of hydrogen-bond donors (Lipinski definition) is 1. The summed E-state index contributed by atoms with van der Waals surface area (Å²) >= 11 is 5.73. The van der Waals surface area contributed by atoms with Gasteiger partial charge in [0.25, 0.3) is 0 Å². The molecular weight excluding hydrogens is 239 g/mol. The van der Waals surface area contributed by atoms with E-state index >= 15 is 0 Å².